The van der Waals surface area contributed by atoms with Crippen molar-refractivity contribution in [2.75, 3.05) is 6.61 Å². The molecule has 2 aliphatic rings. The molecule has 1 saturated carbocycles. The molecule has 1 nitrogen and oxygen atoms in total. The Balaban J connectivity index is 1.91. The summed E-state index contributed by atoms with van der Waals surface area (Å²) in [6.07, 6.45) is 0.823. The van der Waals surface area contributed by atoms with Crippen molar-refractivity contribution in [1.29, 1.82) is 0 Å². The van der Waals surface area contributed by atoms with Crippen molar-refractivity contribution in [3.05, 3.63) is 35.9 Å². The third kappa shape index (κ3) is 3.10. The summed E-state index contributed by atoms with van der Waals surface area (Å²) in [5, 5.41) is 0. The summed E-state index contributed by atoms with van der Waals surface area (Å²) in [5.74, 6) is 0. The van der Waals surface area contributed by atoms with Gasteiger partial charge in [0.15, 0.2) is 0 Å². The number of alkyl halides is 3. The van der Waals surface area contributed by atoms with E-state index in [4.69, 9.17) is 4.74 Å². The summed E-state index contributed by atoms with van der Waals surface area (Å²) in [5.41, 5.74) is -0.555. The molecule has 0 N–H and O–H groups in total. The normalized spacial score (nSPS) is 28.9. The van der Waals surface area contributed by atoms with Gasteiger partial charge in [0, 0.05) is 0 Å². The van der Waals surface area contributed by atoms with Crippen LogP contribution < -0.4 is 0 Å². The van der Waals surface area contributed by atoms with Gasteiger partial charge in [0.2, 0.25) is 0 Å². The van der Waals surface area contributed by atoms with E-state index in [2.05, 4.69) is 0 Å². The van der Waals surface area contributed by atoms with Crippen LogP contribution in [0, 0.1) is 5.41 Å². The summed E-state index contributed by atoms with van der Waals surface area (Å²) in [4.78, 5) is 0. The van der Waals surface area contributed by atoms with Crippen molar-refractivity contribution in [2.45, 2.75) is 56.7 Å². The quantitative estimate of drug-likeness (QED) is 0.728. The smallest absolute Gasteiger partial charge is 0.369 e. The van der Waals surface area contributed by atoms with Crippen LogP contribution in [0.25, 0.3) is 0 Å². The first-order valence-electron chi connectivity index (χ1n) is 7.70. The van der Waals surface area contributed by atoms with Crippen LogP contribution in [-0.4, -0.2) is 12.8 Å². The Bertz CT molecular complexity index is 477. The van der Waals surface area contributed by atoms with E-state index < -0.39 is 18.2 Å². The SMILES string of the molecule is FC(F)(F)C[C@@]1(c2ccccc2)CC2(CCCCC2)CO1. The van der Waals surface area contributed by atoms with Crippen molar-refractivity contribution in [2.24, 2.45) is 5.41 Å². The van der Waals surface area contributed by atoms with Gasteiger partial charge in [0.1, 0.15) is 5.60 Å². The van der Waals surface area contributed by atoms with Crippen molar-refractivity contribution < 1.29 is 17.9 Å². The topological polar surface area (TPSA) is 9.23 Å². The third-order valence-electron chi connectivity index (χ3n) is 5.02. The zero-order valence-electron chi connectivity index (χ0n) is 12.1. The highest BCUT2D eigenvalue weighted by atomic mass is 19.4. The predicted octanol–water partition coefficient (Wildman–Crippen LogP) is 5.21. The van der Waals surface area contributed by atoms with Gasteiger partial charge in [-0.3, -0.25) is 0 Å². The van der Waals surface area contributed by atoms with Gasteiger partial charge in [-0.15, -0.1) is 0 Å². The lowest BCUT2D eigenvalue weighted by Gasteiger charge is -2.35. The Morgan fingerprint density at radius 3 is 2.29 bits per heavy atom. The molecule has 1 heterocycles. The molecule has 0 radical (unpaired) electrons. The molecule has 1 atom stereocenters. The molecule has 116 valence electrons. The van der Waals surface area contributed by atoms with Crippen LogP contribution in [0.15, 0.2) is 30.3 Å². The maximum atomic E-state index is 13.1. The van der Waals surface area contributed by atoms with Crippen molar-refractivity contribution in [3.8, 4) is 0 Å². The van der Waals surface area contributed by atoms with E-state index in [1.54, 1.807) is 24.3 Å². The summed E-state index contributed by atoms with van der Waals surface area (Å²) in [6, 6.07) is 8.96. The Morgan fingerprint density at radius 1 is 1.00 bits per heavy atom. The number of ether oxygens (including phenoxy) is 1. The molecule has 0 amide bonds. The number of hydrogen-bond donors (Lipinski definition) is 0. The van der Waals surface area contributed by atoms with E-state index >= 15 is 0 Å². The first-order chi connectivity index (χ1) is 9.93. The Kier molecular flexibility index (Phi) is 3.76. The summed E-state index contributed by atoms with van der Waals surface area (Å²) < 4.78 is 45.2. The Hall–Kier alpha value is -1.03. The maximum absolute atomic E-state index is 13.1. The van der Waals surface area contributed by atoms with Gasteiger partial charge in [-0.05, 0) is 30.2 Å². The van der Waals surface area contributed by atoms with E-state index in [9.17, 15) is 13.2 Å². The lowest BCUT2D eigenvalue weighted by atomic mass is 9.68. The van der Waals surface area contributed by atoms with E-state index in [0.717, 1.165) is 25.7 Å². The zero-order chi connectivity index (χ0) is 15.0. The summed E-state index contributed by atoms with van der Waals surface area (Å²) in [6.45, 7) is 0.470. The fourth-order valence-corrected chi connectivity index (χ4v) is 4.09. The van der Waals surface area contributed by atoms with Gasteiger partial charge >= 0.3 is 6.18 Å². The van der Waals surface area contributed by atoms with Gasteiger partial charge in [-0.25, -0.2) is 0 Å². The minimum atomic E-state index is -4.21. The Labute approximate surface area is 123 Å². The van der Waals surface area contributed by atoms with Crippen LogP contribution in [0.1, 0.15) is 50.5 Å². The standard InChI is InChI=1S/C17H21F3O/c18-17(19,20)12-16(14-7-3-1-4-8-14)11-15(13-21-16)9-5-2-6-10-15/h1,3-4,7-8H,2,5-6,9-13H2/t16-/m1/s1. The molecular weight excluding hydrogens is 277 g/mol. The van der Waals surface area contributed by atoms with E-state index in [0.29, 0.717) is 18.6 Å². The largest absolute Gasteiger partial charge is 0.392 e. The highest BCUT2D eigenvalue weighted by Gasteiger charge is 2.54. The fraction of sp³-hybridized carbons (Fsp3) is 0.647. The summed E-state index contributed by atoms with van der Waals surface area (Å²) in [7, 11) is 0. The molecule has 1 aromatic rings. The number of rotatable bonds is 2. The molecule has 1 saturated heterocycles. The molecule has 0 unspecified atom stereocenters. The minimum absolute atomic E-state index is 0.0423. The zero-order valence-corrected chi connectivity index (χ0v) is 12.1. The summed E-state index contributed by atoms with van der Waals surface area (Å²) >= 11 is 0. The van der Waals surface area contributed by atoms with Crippen LogP contribution in [0.2, 0.25) is 0 Å². The molecule has 1 spiro atoms. The first kappa shape index (κ1) is 14.9. The van der Waals surface area contributed by atoms with Crippen LogP contribution >= 0.6 is 0 Å². The molecule has 0 bridgehead atoms. The molecule has 1 aromatic carbocycles. The second kappa shape index (κ2) is 5.31. The average molecular weight is 298 g/mol. The van der Waals surface area contributed by atoms with Crippen molar-refractivity contribution in [1.82, 2.24) is 0 Å². The number of halogens is 3. The third-order valence-corrected chi connectivity index (χ3v) is 5.02. The van der Waals surface area contributed by atoms with Crippen LogP contribution in [0.5, 0.6) is 0 Å². The van der Waals surface area contributed by atoms with Gasteiger partial charge in [0.05, 0.1) is 13.0 Å². The van der Waals surface area contributed by atoms with Gasteiger partial charge < -0.3 is 4.74 Å². The van der Waals surface area contributed by atoms with E-state index in [1.165, 1.54) is 6.42 Å². The highest BCUT2D eigenvalue weighted by molar-refractivity contribution is 5.25. The lowest BCUT2D eigenvalue weighted by Crippen LogP contribution is -2.33. The average Bonchev–Trinajstić information content (AvgIpc) is 2.78. The van der Waals surface area contributed by atoms with Gasteiger partial charge in [-0.2, -0.15) is 13.2 Å². The molecule has 4 heteroatoms. The molecule has 3 rings (SSSR count). The molecule has 21 heavy (non-hydrogen) atoms. The maximum Gasteiger partial charge on any atom is 0.392 e. The fourth-order valence-electron chi connectivity index (χ4n) is 4.09. The van der Waals surface area contributed by atoms with Crippen LogP contribution in [0.3, 0.4) is 0 Å². The number of benzene rings is 1. The monoisotopic (exact) mass is 298 g/mol. The minimum Gasteiger partial charge on any atom is -0.369 e. The lowest BCUT2D eigenvalue weighted by molar-refractivity contribution is -0.181. The molecule has 0 aromatic heterocycles. The number of hydrogen-bond acceptors (Lipinski definition) is 1. The Morgan fingerprint density at radius 2 is 1.67 bits per heavy atom. The van der Waals surface area contributed by atoms with E-state index in [-0.39, 0.29) is 5.41 Å². The second-order valence-electron chi connectivity index (χ2n) is 6.68. The van der Waals surface area contributed by atoms with Crippen LogP contribution in [-0.2, 0) is 10.3 Å². The van der Waals surface area contributed by atoms with Crippen molar-refractivity contribution in [3.63, 3.8) is 0 Å². The molecular formula is C17H21F3O. The van der Waals surface area contributed by atoms with E-state index in [1.807, 2.05) is 6.07 Å². The highest BCUT2D eigenvalue weighted by Crippen LogP contribution is 2.55. The first-order valence-corrected chi connectivity index (χ1v) is 7.70. The molecule has 2 fully saturated rings. The van der Waals surface area contributed by atoms with Crippen molar-refractivity contribution >= 4 is 0 Å². The van der Waals surface area contributed by atoms with Crippen LogP contribution in [0.4, 0.5) is 13.2 Å². The molecule has 1 aliphatic heterocycles. The van der Waals surface area contributed by atoms with Gasteiger partial charge in [0.25, 0.3) is 0 Å². The van der Waals surface area contributed by atoms with Gasteiger partial charge in [-0.1, -0.05) is 49.6 Å². The molecule has 1 aliphatic carbocycles. The predicted molar refractivity (Wildman–Crippen MR) is 74.9 cm³/mol. The second-order valence-corrected chi connectivity index (χ2v) is 6.68.